The van der Waals surface area contributed by atoms with E-state index in [0.29, 0.717) is 16.4 Å². The fraction of sp³-hybridized carbons (Fsp3) is 0.263. The Balaban J connectivity index is 1.75. The number of ether oxygens (including phenoxy) is 1. The van der Waals surface area contributed by atoms with Crippen LogP contribution in [0.1, 0.15) is 31.1 Å². The number of hydrogen-bond acceptors (Lipinski definition) is 4. The number of rotatable bonds is 3. The number of fused-ring (bicyclic) bond motifs is 1. The SMILES string of the molecule is N#Cc1cc(F)cc(Nc2cc(Cl)cc3c2cnn3C2CCCCO2)c1. The van der Waals surface area contributed by atoms with Crippen molar-refractivity contribution in [1.82, 2.24) is 9.78 Å². The molecule has 0 bridgehead atoms. The first-order valence-corrected chi connectivity index (χ1v) is 8.78. The van der Waals surface area contributed by atoms with Crippen LogP contribution in [0.25, 0.3) is 10.9 Å². The molecule has 0 aliphatic carbocycles. The van der Waals surface area contributed by atoms with Gasteiger partial charge in [0, 0.05) is 22.7 Å². The second-order valence-corrected chi connectivity index (χ2v) is 6.70. The van der Waals surface area contributed by atoms with E-state index in [0.717, 1.165) is 36.8 Å². The van der Waals surface area contributed by atoms with Crippen LogP contribution >= 0.6 is 11.6 Å². The largest absolute Gasteiger partial charge is 0.356 e. The quantitative estimate of drug-likeness (QED) is 0.693. The average Bonchev–Trinajstić information content (AvgIpc) is 3.06. The summed E-state index contributed by atoms with van der Waals surface area (Å²) in [5.41, 5.74) is 2.27. The van der Waals surface area contributed by atoms with E-state index in [1.807, 2.05) is 16.8 Å². The van der Waals surface area contributed by atoms with Crippen LogP contribution < -0.4 is 5.32 Å². The van der Waals surface area contributed by atoms with Crippen molar-refractivity contribution in [3.05, 3.63) is 52.9 Å². The molecule has 1 atom stereocenters. The number of aromatic nitrogens is 2. The summed E-state index contributed by atoms with van der Waals surface area (Å²) in [4.78, 5) is 0. The Morgan fingerprint density at radius 2 is 2.15 bits per heavy atom. The molecule has 0 spiro atoms. The summed E-state index contributed by atoms with van der Waals surface area (Å²) in [6.07, 6.45) is 4.70. The normalized spacial score (nSPS) is 17.2. The Morgan fingerprint density at radius 1 is 1.27 bits per heavy atom. The average molecular weight is 371 g/mol. The van der Waals surface area contributed by atoms with Crippen LogP contribution in [0.2, 0.25) is 5.02 Å². The van der Waals surface area contributed by atoms with Gasteiger partial charge in [-0.25, -0.2) is 9.07 Å². The van der Waals surface area contributed by atoms with E-state index in [9.17, 15) is 4.39 Å². The Hall–Kier alpha value is -2.62. The molecule has 3 aromatic rings. The van der Waals surface area contributed by atoms with Crippen molar-refractivity contribution in [2.45, 2.75) is 25.5 Å². The molecule has 1 fully saturated rings. The highest BCUT2D eigenvalue weighted by Gasteiger charge is 2.20. The lowest BCUT2D eigenvalue weighted by molar-refractivity contribution is -0.0366. The molecule has 2 heterocycles. The number of benzene rings is 2. The van der Waals surface area contributed by atoms with Crippen molar-refractivity contribution in [3.63, 3.8) is 0 Å². The van der Waals surface area contributed by atoms with Crippen LogP contribution in [0.3, 0.4) is 0 Å². The number of nitrogens with zero attached hydrogens (tertiary/aromatic N) is 3. The smallest absolute Gasteiger partial charge is 0.150 e. The topological polar surface area (TPSA) is 62.9 Å². The van der Waals surface area contributed by atoms with Gasteiger partial charge in [-0.05, 0) is 49.6 Å². The van der Waals surface area contributed by atoms with Gasteiger partial charge < -0.3 is 10.1 Å². The zero-order valence-corrected chi connectivity index (χ0v) is 14.6. The molecular formula is C19H16ClFN4O. The number of halogens is 2. The minimum absolute atomic E-state index is 0.105. The summed E-state index contributed by atoms with van der Waals surface area (Å²) < 4.78 is 21.4. The minimum atomic E-state index is -0.476. The number of anilines is 2. The van der Waals surface area contributed by atoms with Crippen LogP contribution in [-0.4, -0.2) is 16.4 Å². The number of nitriles is 1. The van der Waals surface area contributed by atoms with Crippen LogP contribution in [0, 0.1) is 17.1 Å². The first-order valence-electron chi connectivity index (χ1n) is 8.40. The van der Waals surface area contributed by atoms with Gasteiger partial charge in [0.25, 0.3) is 0 Å². The molecule has 1 saturated heterocycles. The zero-order chi connectivity index (χ0) is 18.1. The second kappa shape index (κ2) is 6.94. The third-order valence-corrected chi connectivity index (χ3v) is 4.63. The summed E-state index contributed by atoms with van der Waals surface area (Å²) >= 11 is 6.30. The Bertz CT molecular complexity index is 1000. The summed E-state index contributed by atoms with van der Waals surface area (Å²) in [5, 5.41) is 18.0. The van der Waals surface area contributed by atoms with Crippen LogP contribution in [0.5, 0.6) is 0 Å². The van der Waals surface area contributed by atoms with E-state index in [2.05, 4.69) is 10.4 Å². The van der Waals surface area contributed by atoms with E-state index in [4.69, 9.17) is 21.6 Å². The standard InChI is InChI=1S/C19H16ClFN4O/c20-13-7-17(24-15-6-12(10-22)5-14(21)9-15)16-11-23-25(18(16)8-13)19-3-1-2-4-26-19/h5-9,11,19,24H,1-4H2. The molecule has 2 aromatic carbocycles. The lowest BCUT2D eigenvalue weighted by Gasteiger charge is -2.23. The Labute approximate surface area is 154 Å². The van der Waals surface area contributed by atoms with Crippen LogP contribution in [0.15, 0.2) is 36.5 Å². The summed E-state index contributed by atoms with van der Waals surface area (Å²) in [6.45, 7) is 0.720. The van der Waals surface area contributed by atoms with Crippen molar-refractivity contribution in [1.29, 1.82) is 5.26 Å². The van der Waals surface area contributed by atoms with Crippen molar-refractivity contribution in [3.8, 4) is 6.07 Å². The summed E-state index contributed by atoms with van der Waals surface area (Å²) in [6, 6.07) is 9.67. The lowest BCUT2D eigenvalue weighted by Crippen LogP contribution is -2.18. The van der Waals surface area contributed by atoms with Gasteiger partial charge >= 0.3 is 0 Å². The molecule has 1 aliphatic rings. The molecule has 1 aromatic heterocycles. The van der Waals surface area contributed by atoms with E-state index in [-0.39, 0.29) is 11.8 Å². The summed E-state index contributed by atoms with van der Waals surface area (Å²) in [7, 11) is 0. The molecule has 0 radical (unpaired) electrons. The Morgan fingerprint density at radius 3 is 2.92 bits per heavy atom. The predicted octanol–water partition coefficient (Wildman–Crippen LogP) is 5.14. The molecular weight excluding hydrogens is 355 g/mol. The zero-order valence-electron chi connectivity index (χ0n) is 13.9. The predicted molar refractivity (Wildman–Crippen MR) is 98.0 cm³/mol. The maximum Gasteiger partial charge on any atom is 0.150 e. The van der Waals surface area contributed by atoms with Gasteiger partial charge in [-0.1, -0.05) is 11.6 Å². The van der Waals surface area contributed by atoms with Crippen molar-refractivity contribution < 1.29 is 9.13 Å². The fourth-order valence-electron chi connectivity index (χ4n) is 3.24. The maximum atomic E-state index is 13.7. The monoisotopic (exact) mass is 370 g/mol. The van der Waals surface area contributed by atoms with E-state index in [1.54, 1.807) is 18.3 Å². The highest BCUT2D eigenvalue weighted by atomic mass is 35.5. The van der Waals surface area contributed by atoms with Gasteiger partial charge in [-0.15, -0.1) is 0 Å². The van der Waals surface area contributed by atoms with Crippen molar-refractivity contribution in [2.75, 3.05) is 11.9 Å². The molecule has 5 nitrogen and oxygen atoms in total. The molecule has 1 unspecified atom stereocenters. The first kappa shape index (κ1) is 16.8. The number of nitrogens with one attached hydrogen (secondary N) is 1. The number of hydrogen-bond donors (Lipinski definition) is 1. The van der Waals surface area contributed by atoms with Gasteiger partial charge in [-0.3, -0.25) is 0 Å². The van der Waals surface area contributed by atoms with E-state index in [1.165, 1.54) is 12.1 Å². The van der Waals surface area contributed by atoms with Crippen LogP contribution in [-0.2, 0) is 4.74 Å². The molecule has 0 amide bonds. The van der Waals surface area contributed by atoms with Crippen LogP contribution in [0.4, 0.5) is 15.8 Å². The lowest BCUT2D eigenvalue weighted by atomic mass is 10.1. The van der Waals surface area contributed by atoms with Crippen molar-refractivity contribution >= 4 is 33.9 Å². The Kier molecular flexibility index (Phi) is 4.49. The highest BCUT2D eigenvalue weighted by Crippen LogP contribution is 2.34. The fourth-order valence-corrected chi connectivity index (χ4v) is 3.45. The second-order valence-electron chi connectivity index (χ2n) is 6.26. The van der Waals surface area contributed by atoms with Gasteiger partial charge in [0.15, 0.2) is 6.23 Å². The maximum absolute atomic E-state index is 13.7. The van der Waals surface area contributed by atoms with Gasteiger partial charge in [-0.2, -0.15) is 10.4 Å². The first-order chi connectivity index (χ1) is 12.6. The minimum Gasteiger partial charge on any atom is -0.356 e. The molecule has 1 aliphatic heterocycles. The van der Waals surface area contributed by atoms with Gasteiger partial charge in [0.1, 0.15) is 5.82 Å². The van der Waals surface area contributed by atoms with Gasteiger partial charge in [0.05, 0.1) is 29.0 Å². The molecule has 26 heavy (non-hydrogen) atoms. The van der Waals surface area contributed by atoms with Crippen molar-refractivity contribution in [2.24, 2.45) is 0 Å². The summed E-state index contributed by atoms with van der Waals surface area (Å²) in [5.74, 6) is -0.476. The van der Waals surface area contributed by atoms with E-state index >= 15 is 0 Å². The molecule has 0 saturated carbocycles. The molecule has 1 N–H and O–H groups in total. The highest BCUT2D eigenvalue weighted by molar-refractivity contribution is 6.31. The third-order valence-electron chi connectivity index (χ3n) is 4.42. The third kappa shape index (κ3) is 3.24. The molecule has 7 heteroatoms. The van der Waals surface area contributed by atoms with Gasteiger partial charge in [0.2, 0.25) is 0 Å². The molecule has 132 valence electrons. The van der Waals surface area contributed by atoms with E-state index < -0.39 is 5.82 Å². The molecule has 4 rings (SSSR count).